The molecule has 0 aliphatic rings. The zero-order chi connectivity index (χ0) is 18.5. The lowest BCUT2D eigenvalue weighted by Crippen LogP contribution is -2.09. The Labute approximate surface area is 162 Å². The smallest absolute Gasteiger partial charge is 0.343 e. The Morgan fingerprint density at radius 1 is 0.962 bits per heavy atom. The van der Waals surface area contributed by atoms with E-state index in [2.05, 4.69) is 29.8 Å². The van der Waals surface area contributed by atoms with Gasteiger partial charge in [0.25, 0.3) is 0 Å². The molecule has 0 aliphatic carbocycles. The van der Waals surface area contributed by atoms with Gasteiger partial charge in [0.2, 0.25) is 0 Å². The molecule has 0 atom stereocenters. The standard InChI is InChI=1S/C22H21BrO3/c1-15(2)13-14-25-17-9-7-16(8-10-17)22(24)26-21-12-11-20(23)18-5-3-4-6-19(18)21/h3-12,15H,13-14H2,1-2H3. The Morgan fingerprint density at radius 2 is 1.65 bits per heavy atom. The quantitative estimate of drug-likeness (QED) is 0.354. The molecule has 0 spiro atoms. The summed E-state index contributed by atoms with van der Waals surface area (Å²) in [6, 6.07) is 18.6. The summed E-state index contributed by atoms with van der Waals surface area (Å²) in [4.78, 5) is 12.5. The number of hydrogen-bond acceptors (Lipinski definition) is 3. The first kappa shape index (κ1) is 18.5. The van der Waals surface area contributed by atoms with Crippen molar-refractivity contribution in [3.63, 3.8) is 0 Å². The van der Waals surface area contributed by atoms with Crippen LogP contribution in [0.2, 0.25) is 0 Å². The molecule has 0 amide bonds. The highest BCUT2D eigenvalue weighted by Gasteiger charge is 2.12. The van der Waals surface area contributed by atoms with E-state index < -0.39 is 0 Å². The fraction of sp³-hybridized carbons (Fsp3) is 0.227. The summed E-state index contributed by atoms with van der Waals surface area (Å²) in [5, 5.41) is 1.90. The highest BCUT2D eigenvalue weighted by molar-refractivity contribution is 9.10. The minimum Gasteiger partial charge on any atom is -0.494 e. The lowest BCUT2D eigenvalue weighted by atomic mass is 10.1. The van der Waals surface area contributed by atoms with Crippen LogP contribution in [-0.2, 0) is 0 Å². The third kappa shape index (κ3) is 4.44. The first-order chi connectivity index (χ1) is 12.5. The summed E-state index contributed by atoms with van der Waals surface area (Å²) >= 11 is 3.53. The van der Waals surface area contributed by atoms with E-state index >= 15 is 0 Å². The molecule has 0 fully saturated rings. The number of carbonyl (C=O) groups excluding carboxylic acids is 1. The van der Waals surface area contributed by atoms with Crippen LogP contribution in [0.4, 0.5) is 0 Å². The van der Waals surface area contributed by atoms with Crippen LogP contribution in [-0.4, -0.2) is 12.6 Å². The van der Waals surface area contributed by atoms with E-state index in [1.54, 1.807) is 30.3 Å². The van der Waals surface area contributed by atoms with Gasteiger partial charge < -0.3 is 9.47 Å². The van der Waals surface area contributed by atoms with Crippen LogP contribution in [0.25, 0.3) is 10.8 Å². The van der Waals surface area contributed by atoms with Gasteiger partial charge in [0, 0.05) is 9.86 Å². The Kier molecular flexibility index (Phi) is 5.94. The number of benzene rings is 3. The van der Waals surface area contributed by atoms with Crippen molar-refractivity contribution in [3.8, 4) is 11.5 Å². The highest BCUT2D eigenvalue weighted by Crippen LogP contribution is 2.32. The molecular formula is C22H21BrO3. The molecule has 4 heteroatoms. The summed E-state index contributed by atoms with van der Waals surface area (Å²) in [5.41, 5.74) is 0.494. The maximum absolute atomic E-state index is 12.5. The van der Waals surface area contributed by atoms with Crippen LogP contribution in [0, 0.1) is 5.92 Å². The largest absolute Gasteiger partial charge is 0.494 e. The molecule has 3 aromatic rings. The molecule has 0 radical (unpaired) electrons. The molecule has 3 nitrogen and oxygen atoms in total. The van der Waals surface area contributed by atoms with E-state index in [0.29, 0.717) is 23.8 Å². The van der Waals surface area contributed by atoms with Gasteiger partial charge in [-0.25, -0.2) is 4.79 Å². The van der Waals surface area contributed by atoms with Gasteiger partial charge in [-0.1, -0.05) is 54.0 Å². The van der Waals surface area contributed by atoms with Crippen molar-refractivity contribution in [1.82, 2.24) is 0 Å². The third-order valence-electron chi connectivity index (χ3n) is 4.09. The zero-order valence-electron chi connectivity index (χ0n) is 14.9. The van der Waals surface area contributed by atoms with Gasteiger partial charge in [-0.3, -0.25) is 0 Å². The molecule has 3 rings (SSSR count). The van der Waals surface area contributed by atoms with Crippen LogP contribution in [0.5, 0.6) is 11.5 Å². The van der Waals surface area contributed by atoms with Crippen LogP contribution >= 0.6 is 15.9 Å². The maximum atomic E-state index is 12.5. The third-order valence-corrected chi connectivity index (χ3v) is 4.78. The predicted molar refractivity (Wildman–Crippen MR) is 108 cm³/mol. The topological polar surface area (TPSA) is 35.5 Å². The maximum Gasteiger partial charge on any atom is 0.343 e. The van der Waals surface area contributed by atoms with Crippen LogP contribution in [0.1, 0.15) is 30.6 Å². The summed E-state index contributed by atoms with van der Waals surface area (Å²) in [7, 11) is 0. The first-order valence-electron chi connectivity index (χ1n) is 8.67. The summed E-state index contributed by atoms with van der Waals surface area (Å²) < 4.78 is 12.3. The molecular weight excluding hydrogens is 392 g/mol. The average Bonchev–Trinajstić information content (AvgIpc) is 2.64. The molecule has 0 aliphatic heterocycles. The molecule has 0 N–H and O–H groups in total. The number of hydrogen-bond donors (Lipinski definition) is 0. The van der Waals surface area contributed by atoms with E-state index in [1.807, 2.05) is 30.3 Å². The Morgan fingerprint density at radius 3 is 2.35 bits per heavy atom. The molecule has 0 unspecified atom stereocenters. The molecule has 0 bridgehead atoms. The summed E-state index contributed by atoms with van der Waals surface area (Å²) in [5.74, 6) is 1.53. The van der Waals surface area contributed by atoms with E-state index in [9.17, 15) is 4.79 Å². The second-order valence-electron chi connectivity index (χ2n) is 6.54. The van der Waals surface area contributed by atoms with Crippen LogP contribution in [0.3, 0.4) is 0 Å². The summed E-state index contributed by atoms with van der Waals surface area (Å²) in [6.07, 6.45) is 1.00. The minimum absolute atomic E-state index is 0.383. The monoisotopic (exact) mass is 412 g/mol. The van der Waals surface area contributed by atoms with Crippen molar-refractivity contribution in [1.29, 1.82) is 0 Å². The van der Waals surface area contributed by atoms with Gasteiger partial charge in [-0.2, -0.15) is 0 Å². The number of esters is 1. The number of fused-ring (bicyclic) bond motifs is 1. The second-order valence-corrected chi connectivity index (χ2v) is 7.39. The lowest BCUT2D eigenvalue weighted by molar-refractivity contribution is 0.0737. The van der Waals surface area contributed by atoms with Crippen molar-refractivity contribution < 1.29 is 14.3 Å². The molecule has 26 heavy (non-hydrogen) atoms. The molecule has 134 valence electrons. The van der Waals surface area contributed by atoms with Gasteiger partial charge in [-0.15, -0.1) is 0 Å². The van der Waals surface area contributed by atoms with Crippen LogP contribution < -0.4 is 9.47 Å². The second kappa shape index (κ2) is 8.37. The number of ether oxygens (including phenoxy) is 2. The van der Waals surface area contributed by atoms with Gasteiger partial charge in [0.05, 0.1) is 12.2 Å². The van der Waals surface area contributed by atoms with Crippen LogP contribution in [0.15, 0.2) is 65.1 Å². The van der Waals surface area contributed by atoms with Crippen molar-refractivity contribution in [3.05, 3.63) is 70.7 Å². The van der Waals surface area contributed by atoms with Crippen molar-refractivity contribution in [2.45, 2.75) is 20.3 Å². The number of rotatable bonds is 6. The van der Waals surface area contributed by atoms with Gasteiger partial charge in [-0.05, 0) is 54.1 Å². The fourth-order valence-electron chi connectivity index (χ4n) is 2.58. The van der Waals surface area contributed by atoms with E-state index in [-0.39, 0.29) is 5.97 Å². The van der Waals surface area contributed by atoms with E-state index in [0.717, 1.165) is 27.4 Å². The van der Waals surface area contributed by atoms with Gasteiger partial charge in [0.15, 0.2) is 0 Å². The predicted octanol–water partition coefficient (Wildman–Crippen LogP) is 6.25. The molecule has 0 saturated heterocycles. The molecule has 0 aromatic heterocycles. The minimum atomic E-state index is -0.383. The van der Waals surface area contributed by atoms with Crippen molar-refractivity contribution in [2.24, 2.45) is 5.92 Å². The van der Waals surface area contributed by atoms with E-state index in [1.165, 1.54) is 0 Å². The van der Waals surface area contributed by atoms with Crippen molar-refractivity contribution >= 4 is 32.7 Å². The van der Waals surface area contributed by atoms with E-state index in [4.69, 9.17) is 9.47 Å². The molecule has 0 saturated carbocycles. The average molecular weight is 413 g/mol. The SMILES string of the molecule is CC(C)CCOc1ccc(C(=O)Oc2ccc(Br)c3ccccc23)cc1. The highest BCUT2D eigenvalue weighted by atomic mass is 79.9. The number of halogens is 1. The lowest BCUT2D eigenvalue weighted by Gasteiger charge is -2.10. The normalized spacial score (nSPS) is 10.9. The van der Waals surface area contributed by atoms with Crippen molar-refractivity contribution in [2.75, 3.05) is 6.61 Å². The fourth-order valence-corrected chi connectivity index (χ4v) is 3.06. The van der Waals surface area contributed by atoms with Gasteiger partial charge in [0.1, 0.15) is 11.5 Å². The molecule has 0 heterocycles. The number of carbonyl (C=O) groups is 1. The van der Waals surface area contributed by atoms with Gasteiger partial charge >= 0.3 is 5.97 Å². The Hall–Kier alpha value is -2.33. The Balaban J connectivity index is 1.72. The molecule has 3 aromatic carbocycles. The Bertz CT molecular complexity index is 901. The summed E-state index contributed by atoms with van der Waals surface area (Å²) in [6.45, 7) is 4.99. The first-order valence-corrected chi connectivity index (χ1v) is 9.46. The zero-order valence-corrected chi connectivity index (χ0v) is 16.5.